The average molecular weight is 250 g/mol. The third-order valence-corrected chi connectivity index (χ3v) is 4.15. The molecule has 4 heteroatoms. The minimum absolute atomic E-state index is 0.0436. The lowest BCUT2D eigenvalue weighted by Crippen LogP contribution is -2.36. The molecule has 0 bridgehead atoms. The van der Waals surface area contributed by atoms with Crippen LogP contribution in [-0.4, -0.2) is 19.6 Å². The molecule has 3 aromatic rings. The summed E-state index contributed by atoms with van der Waals surface area (Å²) < 4.78 is 1.85. The van der Waals surface area contributed by atoms with Crippen LogP contribution in [0.5, 0.6) is 0 Å². The van der Waals surface area contributed by atoms with E-state index in [0.717, 1.165) is 24.2 Å². The molecule has 0 spiro atoms. The molecule has 1 aliphatic carbocycles. The minimum atomic E-state index is 0.0436. The minimum Gasteiger partial charge on any atom is -0.264 e. The highest BCUT2D eigenvalue weighted by Gasteiger charge is 2.42. The van der Waals surface area contributed by atoms with Gasteiger partial charge < -0.3 is 0 Å². The van der Waals surface area contributed by atoms with Crippen molar-refractivity contribution < 1.29 is 0 Å². The summed E-state index contributed by atoms with van der Waals surface area (Å²) in [5.41, 5.74) is 3.34. The van der Waals surface area contributed by atoms with Gasteiger partial charge in [-0.3, -0.25) is 4.98 Å². The van der Waals surface area contributed by atoms with Crippen LogP contribution >= 0.6 is 0 Å². The summed E-state index contributed by atoms with van der Waals surface area (Å²) >= 11 is 0. The molecule has 4 nitrogen and oxygen atoms in total. The molecular weight excluding hydrogens is 236 g/mol. The van der Waals surface area contributed by atoms with E-state index in [-0.39, 0.29) is 5.41 Å². The van der Waals surface area contributed by atoms with E-state index in [4.69, 9.17) is 5.10 Å². The molecule has 94 valence electrons. The predicted octanol–water partition coefficient (Wildman–Crippen LogP) is 2.59. The van der Waals surface area contributed by atoms with Crippen molar-refractivity contribution in [1.29, 1.82) is 0 Å². The zero-order valence-electron chi connectivity index (χ0n) is 10.5. The molecule has 3 aromatic heterocycles. The van der Waals surface area contributed by atoms with Crippen LogP contribution in [0.4, 0.5) is 0 Å². The first-order chi connectivity index (χ1) is 9.38. The first-order valence-electron chi connectivity index (χ1n) is 6.60. The number of nitrogens with zero attached hydrogens (tertiary/aromatic N) is 4. The number of pyridine rings is 1. The van der Waals surface area contributed by atoms with Gasteiger partial charge in [0.15, 0.2) is 5.65 Å². The SMILES string of the molecule is c1cncc(C2(c3cc4ncccn4n3)CCC2)c1. The fraction of sp³-hybridized carbons (Fsp3) is 0.267. The fourth-order valence-corrected chi connectivity index (χ4v) is 2.93. The Morgan fingerprint density at radius 2 is 2.11 bits per heavy atom. The van der Waals surface area contributed by atoms with E-state index in [9.17, 15) is 0 Å². The Morgan fingerprint density at radius 1 is 1.16 bits per heavy atom. The van der Waals surface area contributed by atoms with Crippen molar-refractivity contribution in [2.24, 2.45) is 0 Å². The summed E-state index contributed by atoms with van der Waals surface area (Å²) in [7, 11) is 0. The molecule has 0 unspecified atom stereocenters. The van der Waals surface area contributed by atoms with Crippen molar-refractivity contribution in [2.45, 2.75) is 24.7 Å². The summed E-state index contributed by atoms with van der Waals surface area (Å²) in [6.45, 7) is 0. The Hall–Kier alpha value is -2.23. The largest absolute Gasteiger partial charge is 0.264 e. The van der Waals surface area contributed by atoms with Gasteiger partial charge in [0.25, 0.3) is 0 Å². The van der Waals surface area contributed by atoms with Gasteiger partial charge in [-0.25, -0.2) is 9.50 Å². The lowest BCUT2D eigenvalue weighted by Gasteiger charge is -2.40. The van der Waals surface area contributed by atoms with E-state index in [1.807, 2.05) is 35.2 Å². The fourth-order valence-electron chi connectivity index (χ4n) is 2.93. The second-order valence-corrected chi connectivity index (χ2v) is 5.13. The van der Waals surface area contributed by atoms with E-state index < -0.39 is 0 Å². The number of fused-ring (bicyclic) bond motifs is 1. The van der Waals surface area contributed by atoms with Crippen LogP contribution in [0.2, 0.25) is 0 Å². The molecule has 0 saturated heterocycles. The predicted molar refractivity (Wildman–Crippen MR) is 71.9 cm³/mol. The molecule has 0 atom stereocenters. The lowest BCUT2D eigenvalue weighted by atomic mass is 9.63. The molecule has 0 aromatic carbocycles. The maximum Gasteiger partial charge on any atom is 0.155 e. The number of hydrogen-bond donors (Lipinski definition) is 0. The smallest absolute Gasteiger partial charge is 0.155 e. The summed E-state index contributed by atoms with van der Waals surface area (Å²) in [6, 6.07) is 8.17. The van der Waals surface area contributed by atoms with E-state index in [1.165, 1.54) is 12.0 Å². The Bertz CT molecular complexity index is 680. The van der Waals surface area contributed by atoms with Gasteiger partial charge in [-0.05, 0) is 30.5 Å². The Morgan fingerprint density at radius 3 is 2.79 bits per heavy atom. The van der Waals surface area contributed by atoms with Crippen molar-refractivity contribution in [3.63, 3.8) is 0 Å². The van der Waals surface area contributed by atoms with Crippen LogP contribution < -0.4 is 0 Å². The van der Waals surface area contributed by atoms with Crippen molar-refractivity contribution in [2.75, 3.05) is 0 Å². The summed E-state index contributed by atoms with van der Waals surface area (Å²) in [6.07, 6.45) is 11.1. The van der Waals surface area contributed by atoms with Crippen molar-refractivity contribution in [3.8, 4) is 0 Å². The van der Waals surface area contributed by atoms with E-state index in [2.05, 4.69) is 22.1 Å². The molecule has 19 heavy (non-hydrogen) atoms. The Balaban J connectivity index is 1.89. The standard InChI is InChI=1S/C15H14N4/c1-4-12(11-16-7-1)15(5-2-6-15)13-10-14-17-8-3-9-19(14)18-13/h1,3-4,7-11H,2,5-6H2. The molecule has 1 aliphatic rings. The van der Waals surface area contributed by atoms with Gasteiger partial charge in [0, 0.05) is 36.3 Å². The first kappa shape index (κ1) is 10.7. The van der Waals surface area contributed by atoms with Gasteiger partial charge in [-0.2, -0.15) is 5.10 Å². The second-order valence-electron chi connectivity index (χ2n) is 5.13. The topological polar surface area (TPSA) is 43.1 Å². The van der Waals surface area contributed by atoms with Crippen molar-refractivity contribution >= 4 is 5.65 Å². The van der Waals surface area contributed by atoms with Gasteiger partial charge in [0.05, 0.1) is 5.69 Å². The molecule has 0 aliphatic heterocycles. The maximum atomic E-state index is 4.71. The maximum absolute atomic E-state index is 4.71. The Labute approximate surface area is 111 Å². The summed E-state index contributed by atoms with van der Waals surface area (Å²) in [5, 5.41) is 4.71. The van der Waals surface area contributed by atoms with Crippen LogP contribution in [0.1, 0.15) is 30.5 Å². The monoisotopic (exact) mass is 250 g/mol. The number of hydrogen-bond acceptors (Lipinski definition) is 3. The molecule has 4 rings (SSSR count). The third kappa shape index (κ3) is 1.49. The van der Waals surface area contributed by atoms with Gasteiger partial charge in [-0.1, -0.05) is 12.5 Å². The highest BCUT2D eigenvalue weighted by atomic mass is 15.2. The zero-order valence-corrected chi connectivity index (χ0v) is 10.5. The van der Waals surface area contributed by atoms with Crippen molar-refractivity contribution in [1.82, 2.24) is 19.6 Å². The lowest BCUT2D eigenvalue weighted by molar-refractivity contribution is 0.292. The molecule has 3 heterocycles. The molecule has 1 saturated carbocycles. The molecule has 0 amide bonds. The molecule has 1 fully saturated rings. The third-order valence-electron chi connectivity index (χ3n) is 4.15. The van der Waals surface area contributed by atoms with Gasteiger partial charge in [-0.15, -0.1) is 0 Å². The highest BCUT2D eigenvalue weighted by Crippen LogP contribution is 2.48. The van der Waals surface area contributed by atoms with Crippen LogP contribution in [0.3, 0.4) is 0 Å². The van der Waals surface area contributed by atoms with Crippen LogP contribution in [-0.2, 0) is 5.41 Å². The van der Waals surface area contributed by atoms with Gasteiger partial charge in [0.1, 0.15) is 0 Å². The number of aromatic nitrogens is 4. The Kier molecular flexibility index (Phi) is 2.18. The number of rotatable bonds is 2. The normalized spacial score (nSPS) is 17.3. The second kappa shape index (κ2) is 3.88. The van der Waals surface area contributed by atoms with E-state index in [1.54, 1.807) is 6.20 Å². The molecule has 0 N–H and O–H groups in total. The average Bonchev–Trinajstić information content (AvgIpc) is 2.82. The van der Waals surface area contributed by atoms with Gasteiger partial charge in [0.2, 0.25) is 0 Å². The van der Waals surface area contributed by atoms with Gasteiger partial charge >= 0.3 is 0 Å². The summed E-state index contributed by atoms with van der Waals surface area (Å²) in [4.78, 5) is 8.61. The van der Waals surface area contributed by atoms with Crippen LogP contribution in [0.25, 0.3) is 5.65 Å². The van der Waals surface area contributed by atoms with Crippen LogP contribution in [0.15, 0.2) is 49.1 Å². The summed E-state index contributed by atoms with van der Waals surface area (Å²) in [5.74, 6) is 0. The van der Waals surface area contributed by atoms with E-state index >= 15 is 0 Å². The van der Waals surface area contributed by atoms with E-state index in [0.29, 0.717) is 0 Å². The van der Waals surface area contributed by atoms with Crippen molar-refractivity contribution in [3.05, 3.63) is 60.3 Å². The zero-order chi connectivity index (χ0) is 12.7. The highest BCUT2D eigenvalue weighted by molar-refractivity contribution is 5.46. The van der Waals surface area contributed by atoms with Crippen LogP contribution in [0, 0.1) is 0 Å². The quantitative estimate of drug-likeness (QED) is 0.702. The molecular formula is C15H14N4. The molecule has 0 radical (unpaired) electrons. The first-order valence-corrected chi connectivity index (χ1v) is 6.60.